The van der Waals surface area contributed by atoms with Crippen LogP contribution < -0.4 is 0 Å². The molecule has 0 aliphatic carbocycles. The average Bonchev–Trinajstić information content (AvgIpc) is 3.44. The Bertz CT molecular complexity index is 1180. The lowest BCUT2D eigenvalue weighted by molar-refractivity contribution is 0.0726. The highest BCUT2D eigenvalue weighted by Gasteiger charge is 2.27. The smallest absolute Gasteiger partial charge is 0.259 e. The number of piperidine rings is 1. The minimum atomic E-state index is -0.415. The van der Waals surface area contributed by atoms with Crippen molar-refractivity contribution in [3.63, 3.8) is 0 Å². The number of likely N-dealkylation sites (tertiary alicyclic amines) is 1. The standard InChI is InChI=1S/C22H18FN3O2S/c23-16-8-3-2-7-14(16)20-19-15(22(27)26-10-4-1-5-11-26)13-17(18-9-6-12-29-18)24-21(19)28-25-20/h2-3,6-9,12-13H,1,4-5,10-11H2. The van der Waals surface area contributed by atoms with Crippen molar-refractivity contribution in [3.8, 4) is 21.8 Å². The second kappa shape index (κ2) is 7.40. The fraction of sp³-hybridized carbons (Fsp3) is 0.227. The molecule has 1 fully saturated rings. The molecule has 0 unspecified atom stereocenters. The van der Waals surface area contributed by atoms with Crippen molar-refractivity contribution >= 4 is 28.3 Å². The summed E-state index contributed by atoms with van der Waals surface area (Å²) >= 11 is 1.54. The summed E-state index contributed by atoms with van der Waals surface area (Å²) in [6, 6.07) is 12.0. The molecule has 1 amide bonds. The van der Waals surface area contributed by atoms with E-state index in [0.29, 0.717) is 27.9 Å². The highest BCUT2D eigenvalue weighted by atomic mass is 32.1. The summed E-state index contributed by atoms with van der Waals surface area (Å²) < 4.78 is 20.0. The zero-order valence-corrected chi connectivity index (χ0v) is 16.4. The number of amides is 1. The predicted octanol–water partition coefficient (Wildman–Crippen LogP) is 5.38. The molecule has 0 saturated carbocycles. The van der Waals surface area contributed by atoms with E-state index in [9.17, 15) is 9.18 Å². The van der Waals surface area contributed by atoms with E-state index in [2.05, 4.69) is 10.1 Å². The van der Waals surface area contributed by atoms with Crippen molar-refractivity contribution in [2.75, 3.05) is 13.1 Å². The van der Waals surface area contributed by atoms with Crippen LogP contribution >= 0.6 is 11.3 Å². The predicted molar refractivity (Wildman–Crippen MR) is 110 cm³/mol. The fourth-order valence-electron chi connectivity index (χ4n) is 3.77. The second-order valence-electron chi connectivity index (χ2n) is 7.08. The van der Waals surface area contributed by atoms with Gasteiger partial charge in [-0.05, 0) is 48.9 Å². The Hall–Kier alpha value is -3.06. The third-order valence-corrected chi connectivity index (χ3v) is 6.12. The number of hydrogen-bond acceptors (Lipinski definition) is 5. The first-order valence-corrected chi connectivity index (χ1v) is 10.5. The molecule has 0 bridgehead atoms. The molecule has 4 heterocycles. The monoisotopic (exact) mass is 407 g/mol. The van der Waals surface area contributed by atoms with Gasteiger partial charge in [-0.1, -0.05) is 23.4 Å². The molecule has 4 aromatic rings. The lowest BCUT2D eigenvalue weighted by Crippen LogP contribution is -2.35. The molecule has 146 valence electrons. The van der Waals surface area contributed by atoms with Crippen LogP contribution in [0.15, 0.2) is 52.4 Å². The van der Waals surface area contributed by atoms with Crippen LogP contribution in [0.2, 0.25) is 0 Å². The molecule has 0 spiro atoms. The first-order chi connectivity index (χ1) is 14.2. The van der Waals surface area contributed by atoms with Gasteiger partial charge in [0.05, 0.1) is 21.5 Å². The van der Waals surface area contributed by atoms with Crippen LogP contribution in [-0.2, 0) is 0 Å². The van der Waals surface area contributed by atoms with Gasteiger partial charge in [-0.25, -0.2) is 9.37 Å². The number of benzene rings is 1. The fourth-order valence-corrected chi connectivity index (χ4v) is 4.46. The molecule has 0 radical (unpaired) electrons. The summed E-state index contributed by atoms with van der Waals surface area (Å²) in [7, 11) is 0. The second-order valence-corrected chi connectivity index (χ2v) is 8.02. The van der Waals surface area contributed by atoms with Gasteiger partial charge in [-0.2, -0.15) is 0 Å². The zero-order valence-electron chi connectivity index (χ0n) is 15.6. The van der Waals surface area contributed by atoms with E-state index in [0.717, 1.165) is 37.2 Å². The summed E-state index contributed by atoms with van der Waals surface area (Å²) in [5.74, 6) is -0.503. The minimum Gasteiger partial charge on any atom is -0.339 e. The van der Waals surface area contributed by atoms with Gasteiger partial charge in [0.1, 0.15) is 11.5 Å². The molecule has 1 saturated heterocycles. The Labute approximate surface area is 170 Å². The largest absolute Gasteiger partial charge is 0.339 e. The van der Waals surface area contributed by atoms with Gasteiger partial charge in [-0.3, -0.25) is 4.79 Å². The number of hydrogen-bond donors (Lipinski definition) is 0. The van der Waals surface area contributed by atoms with Gasteiger partial charge in [-0.15, -0.1) is 11.3 Å². The molecule has 0 atom stereocenters. The van der Waals surface area contributed by atoms with Crippen LogP contribution in [0.3, 0.4) is 0 Å². The molecule has 0 N–H and O–H groups in total. The molecule has 1 aromatic carbocycles. The third-order valence-electron chi connectivity index (χ3n) is 5.22. The Morgan fingerprint density at radius 2 is 1.93 bits per heavy atom. The van der Waals surface area contributed by atoms with Gasteiger partial charge in [0, 0.05) is 18.7 Å². The van der Waals surface area contributed by atoms with Crippen molar-refractivity contribution in [3.05, 3.63) is 59.2 Å². The van der Waals surface area contributed by atoms with Gasteiger partial charge >= 0.3 is 0 Å². The summed E-state index contributed by atoms with van der Waals surface area (Å²) in [6.45, 7) is 1.44. The van der Waals surface area contributed by atoms with E-state index < -0.39 is 5.82 Å². The highest BCUT2D eigenvalue weighted by molar-refractivity contribution is 7.13. The van der Waals surface area contributed by atoms with Gasteiger partial charge in [0.25, 0.3) is 11.6 Å². The van der Waals surface area contributed by atoms with Crippen LogP contribution in [0, 0.1) is 5.82 Å². The molecule has 29 heavy (non-hydrogen) atoms. The zero-order chi connectivity index (χ0) is 19.8. The number of nitrogens with zero attached hydrogens (tertiary/aromatic N) is 3. The van der Waals surface area contributed by atoms with E-state index in [1.165, 1.54) is 17.4 Å². The third kappa shape index (κ3) is 3.21. The Morgan fingerprint density at radius 1 is 1.10 bits per heavy atom. The molecule has 1 aliphatic rings. The molecule has 5 rings (SSSR count). The number of carbonyl (C=O) groups excluding carboxylic acids is 1. The first kappa shape index (κ1) is 18.0. The minimum absolute atomic E-state index is 0.0873. The number of rotatable bonds is 3. The molecule has 1 aliphatic heterocycles. The maximum absolute atomic E-state index is 14.5. The lowest BCUT2D eigenvalue weighted by Gasteiger charge is -2.27. The number of aromatic nitrogens is 2. The highest BCUT2D eigenvalue weighted by Crippen LogP contribution is 2.35. The van der Waals surface area contributed by atoms with Crippen molar-refractivity contribution in [2.24, 2.45) is 0 Å². The Kier molecular flexibility index (Phi) is 4.60. The molecule has 3 aromatic heterocycles. The van der Waals surface area contributed by atoms with Crippen LogP contribution in [0.1, 0.15) is 29.6 Å². The molecule has 5 nitrogen and oxygen atoms in total. The van der Waals surface area contributed by atoms with E-state index in [1.54, 1.807) is 24.3 Å². The Balaban J connectivity index is 1.73. The lowest BCUT2D eigenvalue weighted by atomic mass is 10.0. The van der Waals surface area contributed by atoms with Gasteiger partial charge < -0.3 is 9.42 Å². The van der Waals surface area contributed by atoms with Crippen LogP contribution in [0.5, 0.6) is 0 Å². The van der Waals surface area contributed by atoms with Crippen molar-refractivity contribution in [1.82, 2.24) is 15.0 Å². The van der Waals surface area contributed by atoms with Crippen LogP contribution in [0.25, 0.3) is 32.9 Å². The van der Waals surface area contributed by atoms with Crippen LogP contribution in [-0.4, -0.2) is 34.0 Å². The van der Waals surface area contributed by atoms with Crippen molar-refractivity contribution < 1.29 is 13.7 Å². The number of thiophene rings is 1. The number of pyridine rings is 1. The maximum atomic E-state index is 14.5. The summed E-state index contributed by atoms with van der Waals surface area (Å²) in [6.07, 6.45) is 3.10. The summed E-state index contributed by atoms with van der Waals surface area (Å²) in [4.78, 5) is 20.8. The van der Waals surface area contributed by atoms with Gasteiger partial charge in [0.2, 0.25) is 0 Å². The number of halogens is 1. The maximum Gasteiger partial charge on any atom is 0.259 e. The van der Waals surface area contributed by atoms with E-state index in [1.807, 2.05) is 22.4 Å². The summed E-state index contributed by atoms with van der Waals surface area (Å²) in [5, 5.41) is 6.51. The van der Waals surface area contributed by atoms with Gasteiger partial charge in [0.15, 0.2) is 0 Å². The van der Waals surface area contributed by atoms with E-state index in [-0.39, 0.29) is 11.6 Å². The quantitative estimate of drug-likeness (QED) is 0.457. The number of carbonyl (C=O) groups is 1. The van der Waals surface area contributed by atoms with Crippen LogP contribution in [0.4, 0.5) is 4.39 Å². The Morgan fingerprint density at radius 3 is 2.69 bits per heavy atom. The van der Waals surface area contributed by atoms with E-state index in [4.69, 9.17) is 4.52 Å². The molecular weight excluding hydrogens is 389 g/mol. The van der Waals surface area contributed by atoms with E-state index >= 15 is 0 Å². The van der Waals surface area contributed by atoms with Crippen molar-refractivity contribution in [1.29, 1.82) is 0 Å². The summed E-state index contributed by atoms with van der Waals surface area (Å²) in [5.41, 5.74) is 1.96. The first-order valence-electron chi connectivity index (χ1n) is 9.61. The number of fused-ring (bicyclic) bond motifs is 1. The topological polar surface area (TPSA) is 59.2 Å². The average molecular weight is 407 g/mol. The molecular formula is C22H18FN3O2S. The van der Waals surface area contributed by atoms with Crippen molar-refractivity contribution in [2.45, 2.75) is 19.3 Å². The molecule has 7 heteroatoms. The SMILES string of the molecule is O=C(c1cc(-c2cccs2)nc2onc(-c3ccccc3F)c12)N1CCCCC1. The normalized spacial score (nSPS) is 14.4.